The molecule has 0 fully saturated rings. The van der Waals surface area contributed by atoms with E-state index in [0.717, 1.165) is 26.8 Å². The molecular formula is C16H10Br8O2. The summed E-state index contributed by atoms with van der Waals surface area (Å²) >= 11 is 28.4. The zero-order chi connectivity index (χ0) is 19.6. The molecule has 0 amide bonds. The molecule has 142 valence electrons. The van der Waals surface area contributed by atoms with E-state index in [2.05, 4.69) is 127 Å². The largest absolute Gasteiger partial charge is 0.451 e. The maximum atomic E-state index is 6.23. The first-order chi connectivity index (χ1) is 12.1. The van der Waals surface area contributed by atoms with Gasteiger partial charge in [-0.3, -0.25) is 0 Å². The van der Waals surface area contributed by atoms with Gasteiger partial charge in [0.25, 0.3) is 6.29 Å². The van der Waals surface area contributed by atoms with Gasteiger partial charge in [-0.15, -0.1) is 0 Å². The smallest absolute Gasteiger partial charge is 0.254 e. The van der Waals surface area contributed by atoms with Gasteiger partial charge >= 0.3 is 0 Å². The van der Waals surface area contributed by atoms with Crippen LogP contribution in [0.2, 0.25) is 0 Å². The van der Waals surface area contributed by atoms with Crippen molar-refractivity contribution in [3.8, 4) is 11.5 Å². The summed E-state index contributed by atoms with van der Waals surface area (Å²) in [6, 6.07) is 7.68. The molecule has 2 atom stereocenters. The molecule has 0 aliphatic rings. The summed E-state index contributed by atoms with van der Waals surface area (Å²) < 4.78 is 17.6. The minimum atomic E-state index is -0.605. The first kappa shape index (κ1) is 24.2. The second-order valence-electron chi connectivity index (χ2n) is 5.12. The van der Waals surface area contributed by atoms with Crippen molar-refractivity contribution in [3.05, 3.63) is 51.1 Å². The predicted molar refractivity (Wildman–Crippen MR) is 135 cm³/mol. The maximum Gasteiger partial charge on any atom is 0.254 e. The molecule has 0 saturated heterocycles. The third-order valence-electron chi connectivity index (χ3n) is 3.09. The fourth-order valence-electron chi connectivity index (χ4n) is 1.89. The van der Waals surface area contributed by atoms with Crippen LogP contribution in [0.25, 0.3) is 0 Å². The van der Waals surface area contributed by atoms with Crippen LogP contribution in [-0.2, 0) is 0 Å². The topological polar surface area (TPSA) is 18.5 Å². The monoisotopic (exact) mass is 865 g/mol. The lowest BCUT2D eigenvalue weighted by Crippen LogP contribution is -2.38. The highest BCUT2D eigenvalue weighted by atomic mass is 79.9. The van der Waals surface area contributed by atoms with Crippen molar-refractivity contribution >= 4 is 127 Å². The zero-order valence-corrected chi connectivity index (χ0v) is 25.6. The SMILES string of the molecule is CC(Br)C(Br)C(Oc1c(Br)cc(Br)cc1Br)Oc1c(Br)cc(Br)cc1Br. The van der Waals surface area contributed by atoms with Gasteiger partial charge in [0, 0.05) is 13.8 Å². The first-order valence-electron chi connectivity index (χ1n) is 7.00. The molecule has 2 unspecified atom stereocenters. The molecule has 10 heteroatoms. The van der Waals surface area contributed by atoms with Gasteiger partial charge in [0.05, 0.1) is 17.9 Å². The lowest BCUT2D eigenvalue weighted by atomic mass is 10.3. The summed E-state index contributed by atoms with van der Waals surface area (Å²) in [6.07, 6.45) is -0.605. The van der Waals surface area contributed by atoms with E-state index in [4.69, 9.17) is 9.47 Å². The van der Waals surface area contributed by atoms with Gasteiger partial charge in [-0.1, -0.05) is 70.6 Å². The highest BCUT2D eigenvalue weighted by Gasteiger charge is 2.29. The Morgan fingerprint density at radius 3 is 1.23 bits per heavy atom. The van der Waals surface area contributed by atoms with Gasteiger partial charge in [-0.2, -0.15) is 0 Å². The molecule has 0 saturated carbocycles. The highest BCUT2D eigenvalue weighted by molar-refractivity contribution is 9.12. The highest BCUT2D eigenvalue weighted by Crippen LogP contribution is 2.41. The van der Waals surface area contributed by atoms with Gasteiger partial charge in [-0.05, 0) is 88.0 Å². The average Bonchev–Trinajstić information content (AvgIpc) is 2.51. The second-order valence-corrected chi connectivity index (χ2v) is 12.9. The van der Waals surface area contributed by atoms with Crippen molar-refractivity contribution in [1.82, 2.24) is 0 Å². The van der Waals surface area contributed by atoms with Crippen LogP contribution in [0.4, 0.5) is 0 Å². The Balaban J connectivity index is 2.40. The molecule has 2 aromatic carbocycles. The Bertz CT molecular complexity index is 690. The fourth-order valence-corrected chi connectivity index (χ4v) is 7.24. The number of hydrogen-bond donors (Lipinski definition) is 0. The van der Waals surface area contributed by atoms with E-state index in [1.807, 2.05) is 31.2 Å². The summed E-state index contributed by atoms with van der Waals surface area (Å²) in [5.74, 6) is 1.31. The molecule has 0 aliphatic carbocycles. The Hall–Kier alpha value is 1.88. The molecule has 26 heavy (non-hydrogen) atoms. The lowest BCUT2D eigenvalue weighted by molar-refractivity contribution is 0.00450. The number of hydrogen-bond acceptors (Lipinski definition) is 2. The Kier molecular flexibility index (Phi) is 10.0. The van der Waals surface area contributed by atoms with E-state index in [-0.39, 0.29) is 9.65 Å². The summed E-state index contributed by atoms with van der Waals surface area (Å²) in [4.78, 5) is -0.0131. The van der Waals surface area contributed by atoms with E-state index in [0.29, 0.717) is 11.5 Å². The van der Waals surface area contributed by atoms with Crippen molar-refractivity contribution in [2.75, 3.05) is 0 Å². The van der Waals surface area contributed by atoms with Crippen LogP contribution in [0.3, 0.4) is 0 Å². The number of rotatable bonds is 6. The Labute approximate surface area is 219 Å². The van der Waals surface area contributed by atoms with Crippen molar-refractivity contribution in [1.29, 1.82) is 0 Å². The van der Waals surface area contributed by atoms with Gasteiger partial charge in [-0.25, -0.2) is 0 Å². The first-order valence-corrected chi connectivity index (χ1v) is 13.6. The molecule has 2 nitrogen and oxygen atoms in total. The predicted octanol–water partition coefficient (Wildman–Crippen LogP) is 9.59. The van der Waals surface area contributed by atoms with Crippen LogP contribution < -0.4 is 9.47 Å². The number of halogens is 8. The van der Waals surface area contributed by atoms with Crippen LogP contribution in [0, 0.1) is 0 Å². The van der Waals surface area contributed by atoms with Crippen molar-refractivity contribution < 1.29 is 9.47 Å². The van der Waals surface area contributed by atoms with Crippen molar-refractivity contribution in [3.63, 3.8) is 0 Å². The number of benzene rings is 2. The molecular weight excluding hydrogens is 863 g/mol. The third-order valence-corrected chi connectivity index (χ3v) is 8.87. The molecule has 2 aromatic rings. The molecule has 0 N–H and O–H groups in total. The quantitative estimate of drug-likeness (QED) is 0.213. The van der Waals surface area contributed by atoms with Gasteiger partial charge in [0.15, 0.2) is 11.5 Å². The van der Waals surface area contributed by atoms with E-state index < -0.39 is 6.29 Å². The van der Waals surface area contributed by atoms with E-state index in [1.54, 1.807) is 0 Å². The Morgan fingerprint density at radius 1 is 0.654 bits per heavy atom. The van der Waals surface area contributed by atoms with E-state index >= 15 is 0 Å². The van der Waals surface area contributed by atoms with Crippen LogP contribution in [-0.4, -0.2) is 15.9 Å². The normalized spacial score (nSPS) is 13.6. The molecule has 0 aliphatic heterocycles. The summed E-state index contributed by atoms with van der Waals surface area (Å²) in [5, 5.41) is 0. The summed E-state index contributed by atoms with van der Waals surface area (Å²) in [5.41, 5.74) is 0. The number of ether oxygens (including phenoxy) is 2. The molecule has 0 bridgehead atoms. The van der Waals surface area contributed by atoms with Crippen LogP contribution in [0.5, 0.6) is 11.5 Å². The fraction of sp³-hybridized carbons (Fsp3) is 0.250. The minimum absolute atomic E-state index is 0.105. The van der Waals surface area contributed by atoms with Crippen molar-refractivity contribution in [2.45, 2.75) is 22.9 Å². The van der Waals surface area contributed by atoms with Gasteiger partial charge in [0.2, 0.25) is 0 Å². The zero-order valence-electron chi connectivity index (χ0n) is 12.9. The Morgan fingerprint density at radius 2 is 0.962 bits per heavy atom. The van der Waals surface area contributed by atoms with Crippen LogP contribution >= 0.6 is 127 Å². The van der Waals surface area contributed by atoms with E-state index in [9.17, 15) is 0 Å². The maximum absolute atomic E-state index is 6.23. The lowest BCUT2D eigenvalue weighted by Gasteiger charge is -2.28. The van der Waals surface area contributed by atoms with Crippen molar-refractivity contribution in [2.24, 2.45) is 0 Å². The summed E-state index contributed by atoms with van der Waals surface area (Å²) in [6.45, 7) is 2.02. The summed E-state index contributed by atoms with van der Waals surface area (Å²) in [7, 11) is 0. The number of alkyl halides is 2. The van der Waals surface area contributed by atoms with Gasteiger partial charge in [0.1, 0.15) is 4.83 Å². The molecule has 0 aromatic heterocycles. The molecule has 0 radical (unpaired) electrons. The van der Waals surface area contributed by atoms with Gasteiger partial charge < -0.3 is 9.47 Å². The molecule has 2 rings (SSSR count). The second kappa shape index (κ2) is 10.8. The molecule has 0 heterocycles. The standard InChI is InChI=1S/C16H10Br8O2/c1-6(17)13(24)16(25-14-9(20)2-7(18)3-10(14)21)26-15-11(22)4-8(19)5-12(15)23/h2-6,13,16H,1H3. The molecule has 0 spiro atoms. The van der Waals surface area contributed by atoms with Crippen LogP contribution in [0.15, 0.2) is 51.1 Å². The minimum Gasteiger partial charge on any atom is -0.451 e. The van der Waals surface area contributed by atoms with Crippen LogP contribution in [0.1, 0.15) is 6.92 Å². The average molecular weight is 873 g/mol. The van der Waals surface area contributed by atoms with E-state index in [1.165, 1.54) is 0 Å². The third kappa shape index (κ3) is 6.44.